The number of aryl methyl sites for hydroxylation is 1. The number of amides is 1. The Balaban J connectivity index is 2.59. The van der Waals surface area contributed by atoms with Crippen LogP contribution in [-0.4, -0.2) is 21.5 Å². The molecule has 0 aliphatic carbocycles. The van der Waals surface area contributed by atoms with E-state index >= 15 is 0 Å². The minimum atomic E-state index is -0.830. The summed E-state index contributed by atoms with van der Waals surface area (Å²) >= 11 is 0. The number of nitrogens with one attached hydrogen (secondary N) is 1. The standard InChI is InChI=1S/C18H20N4O6/c1-12-7-5-6-8-14(12)20(19-17(23)28-18(2,3)4)15-10-9-13(21(24)25)11-16(15)22(26)27/h5-11H,1-4H3,(H,19,23). The molecule has 0 radical (unpaired) electrons. The first-order valence-electron chi connectivity index (χ1n) is 8.28. The minimum absolute atomic E-state index is 0.0456. The van der Waals surface area contributed by atoms with Crippen LogP contribution in [0, 0.1) is 27.2 Å². The monoisotopic (exact) mass is 388 g/mol. The van der Waals surface area contributed by atoms with E-state index in [4.69, 9.17) is 4.74 Å². The van der Waals surface area contributed by atoms with E-state index < -0.39 is 32.9 Å². The van der Waals surface area contributed by atoms with E-state index in [2.05, 4.69) is 5.43 Å². The molecule has 0 aliphatic heterocycles. The quantitative estimate of drug-likeness (QED) is 0.594. The predicted octanol–water partition coefficient (Wildman–Crippen LogP) is 4.39. The van der Waals surface area contributed by atoms with Crippen molar-refractivity contribution >= 4 is 28.8 Å². The van der Waals surface area contributed by atoms with Gasteiger partial charge in [-0.3, -0.25) is 20.2 Å². The Morgan fingerprint density at radius 2 is 1.68 bits per heavy atom. The number of ether oxygens (including phenoxy) is 1. The maximum absolute atomic E-state index is 12.3. The number of carbonyl (C=O) groups excluding carboxylic acids is 1. The Bertz CT molecular complexity index is 923. The molecule has 0 heterocycles. The zero-order chi connectivity index (χ0) is 21.1. The maximum atomic E-state index is 12.3. The molecule has 28 heavy (non-hydrogen) atoms. The summed E-state index contributed by atoms with van der Waals surface area (Å²) in [5, 5.41) is 23.7. The zero-order valence-corrected chi connectivity index (χ0v) is 15.8. The number of anilines is 2. The summed E-state index contributed by atoms with van der Waals surface area (Å²) in [6, 6.07) is 10.1. The lowest BCUT2D eigenvalue weighted by atomic mass is 10.1. The van der Waals surface area contributed by atoms with Crippen LogP contribution in [0.25, 0.3) is 0 Å². The van der Waals surface area contributed by atoms with Crippen molar-refractivity contribution in [3.8, 4) is 0 Å². The molecule has 1 amide bonds. The van der Waals surface area contributed by atoms with Crippen LogP contribution in [0.3, 0.4) is 0 Å². The average molecular weight is 388 g/mol. The largest absolute Gasteiger partial charge is 0.443 e. The van der Waals surface area contributed by atoms with Gasteiger partial charge in [-0.25, -0.2) is 15.2 Å². The number of hydrogen-bond donors (Lipinski definition) is 1. The fourth-order valence-electron chi connectivity index (χ4n) is 2.42. The number of nitro benzene ring substituents is 2. The number of para-hydroxylation sites is 1. The third-order valence-electron chi connectivity index (χ3n) is 3.57. The second kappa shape index (κ2) is 7.91. The molecule has 0 bridgehead atoms. The van der Waals surface area contributed by atoms with Crippen molar-refractivity contribution in [3.63, 3.8) is 0 Å². The molecule has 0 saturated carbocycles. The Labute approximate surface area is 161 Å². The summed E-state index contributed by atoms with van der Waals surface area (Å²) < 4.78 is 5.24. The van der Waals surface area contributed by atoms with E-state index in [9.17, 15) is 25.0 Å². The summed E-state index contributed by atoms with van der Waals surface area (Å²) in [4.78, 5) is 33.4. The van der Waals surface area contributed by atoms with Gasteiger partial charge in [-0.1, -0.05) is 18.2 Å². The fraction of sp³-hybridized carbons (Fsp3) is 0.278. The van der Waals surface area contributed by atoms with Gasteiger partial charge in [0, 0.05) is 6.07 Å². The number of nitro groups is 2. The molecular weight excluding hydrogens is 368 g/mol. The van der Waals surface area contributed by atoms with Gasteiger partial charge in [-0.2, -0.15) is 0 Å². The summed E-state index contributed by atoms with van der Waals surface area (Å²) in [7, 11) is 0. The highest BCUT2D eigenvalue weighted by Crippen LogP contribution is 2.36. The number of nitrogens with zero attached hydrogens (tertiary/aromatic N) is 3. The molecule has 2 rings (SSSR count). The Morgan fingerprint density at radius 1 is 1.04 bits per heavy atom. The van der Waals surface area contributed by atoms with Gasteiger partial charge in [-0.15, -0.1) is 0 Å². The van der Waals surface area contributed by atoms with Crippen molar-refractivity contribution in [2.45, 2.75) is 33.3 Å². The van der Waals surface area contributed by atoms with Crippen LogP contribution in [0.4, 0.5) is 27.5 Å². The van der Waals surface area contributed by atoms with Crippen LogP contribution in [0.2, 0.25) is 0 Å². The molecule has 0 spiro atoms. The molecule has 2 aromatic carbocycles. The molecule has 0 unspecified atom stereocenters. The lowest BCUT2D eigenvalue weighted by molar-refractivity contribution is -0.393. The van der Waals surface area contributed by atoms with Gasteiger partial charge in [0.05, 0.1) is 21.6 Å². The van der Waals surface area contributed by atoms with Gasteiger partial charge < -0.3 is 4.74 Å². The summed E-state index contributed by atoms with van der Waals surface area (Å²) in [6.45, 7) is 6.80. The Hall–Kier alpha value is -3.69. The number of hydrogen-bond acceptors (Lipinski definition) is 7. The summed E-state index contributed by atoms with van der Waals surface area (Å²) in [5.74, 6) is 0. The number of hydrazine groups is 1. The average Bonchev–Trinajstić information content (AvgIpc) is 2.58. The van der Waals surface area contributed by atoms with Crippen molar-refractivity contribution in [1.82, 2.24) is 5.43 Å². The van der Waals surface area contributed by atoms with E-state index in [1.54, 1.807) is 52.0 Å². The summed E-state index contributed by atoms with van der Waals surface area (Å²) in [6.07, 6.45) is -0.830. The molecule has 148 valence electrons. The number of rotatable bonds is 5. The van der Waals surface area contributed by atoms with E-state index in [-0.39, 0.29) is 5.69 Å². The predicted molar refractivity (Wildman–Crippen MR) is 102 cm³/mol. The highest BCUT2D eigenvalue weighted by Gasteiger charge is 2.28. The molecule has 1 N–H and O–H groups in total. The molecule has 0 aromatic heterocycles. The van der Waals surface area contributed by atoms with E-state index in [0.29, 0.717) is 11.3 Å². The second-order valence-electron chi connectivity index (χ2n) is 6.92. The molecular formula is C18H20N4O6. The van der Waals surface area contributed by atoms with Gasteiger partial charge in [0.1, 0.15) is 11.3 Å². The van der Waals surface area contributed by atoms with Crippen LogP contribution in [0.1, 0.15) is 26.3 Å². The lowest BCUT2D eigenvalue weighted by Gasteiger charge is -2.28. The maximum Gasteiger partial charge on any atom is 0.426 e. The van der Waals surface area contributed by atoms with Crippen molar-refractivity contribution in [2.75, 3.05) is 5.01 Å². The molecule has 0 atom stereocenters. The van der Waals surface area contributed by atoms with E-state index in [1.807, 2.05) is 0 Å². The first kappa shape index (κ1) is 20.6. The van der Waals surface area contributed by atoms with Gasteiger partial charge >= 0.3 is 11.8 Å². The van der Waals surface area contributed by atoms with Crippen LogP contribution in [0.15, 0.2) is 42.5 Å². The third kappa shape index (κ3) is 4.93. The highest BCUT2D eigenvalue weighted by molar-refractivity contribution is 5.80. The van der Waals surface area contributed by atoms with Crippen LogP contribution < -0.4 is 10.4 Å². The van der Waals surface area contributed by atoms with Crippen LogP contribution in [-0.2, 0) is 4.74 Å². The fourth-order valence-corrected chi connectivity index (χ4v) is 2.42. The van der Waals surface area contributed by atoms with Crippen molar-refractivity contribution in [2.24, 2.45) is 0 Å². The molecule has 0 saturated heterocycles. The zero-order valence-electron chi connectivity index (χ0n) is 15.8. The molecule has 10 heteroatoms. The number of non-ortho nitro benzene ring substituents is 1. The normalized spacial score (nSPS) is 10.9. The van der Waals surface area contributed by atoms with E-state index in [1.165, 1.54) is 11.1 Å². The second-order valence-corrected chi connectivity index (χ2v) is 6.92. The van der Waals surface area contributed by atoms with Crippen molar-refractivity contribution in [3.05, 3.63) is 68.3 Å². The summed E-state index contributed by atoms with van der Waals surface area (Å²) in [5.41, 5.74) is 1.85. The Kier molecular flexibility index (Phi) is 5.82. The molecule has 0 aliphatic rings. The molecule has 2 aromatic rings. The van der Waals surface area contributed by atoms with E-state index in [0.717, 1.165) is 12.1 Å². The van der Waals surface area contributed by atoms with Crippen LogP contribution in [0.5, 0.6) is 0 Å². The highest BCUT2D eigenvalue weighted by atomic mass is 16.6. The Morgan fingerprint density at radius 3 is 2.21 bits per heavy atom. The first-order valence-corrected chi connectivity index (χ1v) is 8.28. The molecule has 10 nitrogen and oxygen atoms in total. The molecule has 0 fully saturated rings. The third-order valence-corrected chi connectivity index (χ3v) is 3.57. The van der Waals surface area contributed by atoms with Crippen LogP contribution >= 0.6 is 0 Å². The SMILES string of the molecule is Cc1ccccc1N(NC(=O)OC(C)(C)C)c1ccc([N+](=O)[O-])cc1[N+](=O)[O-]. The van der Waals surface area contributed by atoms with Gasteiger partial charge in [0.15, 0.2) is 0 Å². The van der Waals surface area contributed by atoms with Gasteiger partial charge in [0.2, 0.25) is 0 Å². The minimum Gasteiger partial charge on any atom is -0.443 e. The van der Waals surface area contributed by atoms with Gasteiger partial charge in [-0.05, 0) is 45.4 Å². The number of benzene rings is 2. The van der Waals surface area contributed by atoms with Gasteiger partial charge in [0.25, 0.3) is 5.69 Å². The smallest absolute Gasteiger partial charge is 0.426 e. The topological polar surface area (TPSA) is 128 Å². The first-order chi connectivity index (χ1) is 13.0. The number of carbonyl (C=O) groups is 1. The lowest BCUT2D eigenvalue weighted by Crippen LogP contribution is -2.42. The van der Waals surface area contributed by atoms with Crippen molar-refractivity contribution in [1.29, 1.82) is 0 Å². The van der Waals surface area contributed by atoms with Crippen molar-refractivity contribution < 1.29 is 19.4 Å².